The molecule has 0 aliphatic carbocycles. The molecule has 0 nitrogen and oxygen atoms in total. The summed E-state index contributed by atoms with van der Waals surface area (Å²) in [4.78, 5) is 0. The van der Waals surface area contributed by atoms with Crippen molar-refractivity contribution in [2.75, 3.05) is 0 Å². The fourth-order valence-corrected chi connectivity index (χ4v) is 0. The molecule has 31 valence electrons. The molecule has 0 saturated carbocycles. The average Bonchev–Trinajstić information content (AvgIpc) is 1.00. The van der Waals surface area contributed by atoms with Crippen LogP contribution in [0.5, 0.6) is 0 Å². The SMILES string of the molecule is [B]P.[Co].[Mo].[W]. The van der Waals surface area contributed by atoms with Gasteiger partial charge in [0.15, 0.2) is 0 Å². The van der Waals surface area contributed by atoms with Gasteiger partial charge in [0.1, 0.15) is 0 Å². The summed E-state index contributed by atoms with van der Waals surface area (Å²) in [6.45, 7) is 0. The van der Waals surface area contributed by atoms with Crippen LogP contribution in [0.2, 0.25) is 0 Å². The van der Waals surface area contributed by atoms with Gasteiger partial charge in [-0.25, -0.2) is 0 Å². The minimum absolute atomic E-state index is 0. The Morgan fingerprint density at radius 3 is 1.20 bits per heavy atom. The van der Waals surface area contributed by atoms with Gasteiger partial charge in [0, 0.05) is 58.9 Å². The molecule has 0 N–H and O–H groups in total. The van der Waals surface area contributed by atoms with E-state index in [2.05, 4.69) is 7.57 Å². The van der Waals surface area contributed by atoms with E-state index in [0.717, 1.165) is 0 Å². The van der Waals surface area contributed by atoms with Crippen molar-refractivity contribution in [3.8, 4) is 0 Å². The molecule has 0 heterocycles. The van der Waals surface area contributed by atoms with Gasteiger partial charge in [0.05, 0.1) is 7.57 Å². The molecule has 3 radical (unpaired) electrons. The quantitative estimate of drug-likeness (QED) is 0.407. The molecule has 0 aliphatic heterocycles. The Morgan fingerprint density at radius 1 is 1.20 bits per heavy atom. The second-order valence-electron chi connectivity index (χ2n) is 0. The molecule has 0 spiro atoms. The minimum Gasteiger partial charge on any atom is -0.187 e. The van der Waals surface area contributed by atoms with Crippen LogP contribution in [0.4, 0.5) is 0 Å². The molecule has 0 aromatic rings. The van der Waals surface area contributed by atoms with Crippen molar-refractivity contribution >= 4 is 16.7 Å². The molecule has 0 aliphatic rings. The standard InChI is InChI=1S/BH2P.Co.Mo.W/c1-2;;;/h2H2;;;. The zero-order chi connectivity index (χ0) is 2.00. The molecule has 1 unspecified atom stereocenters. The molecule has 0 saturated heterocycles. The smallest absolute Gasteiger partial charge is 0.0996 e. The summed E-state index contributed by atoms with van der Waals surface area (Å²) in [5.74, 6) is 0. The summed E-state index contributed by atoms with van der Waals surface area (Å²) in [5.41, 5.74) is 0. The van der Waals surface area contributed by atoms with Gasteiger partial charge in [-0.05, 0) is 0 Å². The Kier molecular flexibility index (Phi) is 172. The normalized spacial score (nSPS) is 1.00. The van der Waals surface area contributed by atoms with Gasteiger partial charge in [-0.15, -0.1) is 0 Å². The molecule has 1 atom stereocenters. The zero-order valence-electron chi connectivity index (χ0n) is 2.30. The summed E-state index contributed by atoms with van der Waals surface area (Å²) in [6.07, 6.45) is 0. The first-order valence-corrected chi connectivity index (χ1v) is 1.00. The summed E-state index contributed by atoms with van der Waals surface area (Å²) in [6, 6.07) is 0. The summed E-state index contributed by atoms with van der Waals surface area (Å²) < 4.78 is 0. The van der Waals surface area contributed by atoms with Crippen LogP contribution in [0.25, 0.3) is 0 Å². The van der Waals surface area contributed by atoms with Crippen molar-refractivity contribution in [3.63, 3.8) is 0 Å². The van der Waals surface area contributed by atoms with E-state index in [1.54, 1.807) is 0 Å². The van der Waals surface area contributed by atoms with Crippen molar-refractivity contribution in [1.82, 2.24) is 0 Å². The van der Waals surface area contributed by atoms with E-state index in [4.69, 9.17) is 0 Å². The average molecular weight is 383 g/mol. The maximum absolute atomic E-state index is 4.42. The van der Waals surface area contributed by atoms with Crippen molar-refractivity contribution in [2.45, 2.75) is 0 Å². The van der Waals surface area contributed by atoms with Gasteiger partial charge >= 0.3 is 0 Å². The molecular weight excluding hydrogens is 380 g/mol. The third-order valence-electron chi connectivity index (χ3n) is 0. The predicted octanol–water partition coefficient (Wildman–Crippen LogP) is -0.0625. The first-order chi connectivity index (χ1) is 1.00. The van der Waals surface area contributed by atoms with Crippen molar-refractivity contribution in [2.24, 2.45) is 0 Å². The van der Waals surface area contributed by atoms with Gasteiger partial charge in [0.2, 0.25) is 0 Å². The van der Waals surface area contributed by atoms with Crippen LogP contribution in [-0.4, -0.2) is 7.57 Å². The molecule has 5 heteroatoms. The van der Waals surface area contributed by atoms with Crippen molar-refractivity contribution in [3.05, 3.63) is 0 Å². The van der Waals surface area contributed by atoms with Gasteiger partial charge in [-0.1, -0.05) is 0 Å². The minimum atomic E-state index is 0. The third kappa shape index (κ3) is 21.6. The molecular formula is H2BCoMoPW. The maximum Gasteiger partial charge on any atom is 0.0996 e. The first-order valence-electron chi connectivity index (χ1n) is 0.333. The van der Waals surface area contributed by atoms with Crippen LogP contribution < -0.4 is 0 Å². The van der Waals surface area contributed by atoms with E-state index < -0.39 is 0 Å². The number of hydrogen-bond acceptors (Lipinski definition) is 0. The molecule has 0 aromatic carbocycles. The van der Waals surface area contributed by atoms with Gasteiger partial charge < -0.3 is 0 Å². The summed E-state index contributed by atoms with van der Waals surface area (Å²) in [7, 11) is 6.33. The fourth-order valence-electron chi connectivity index (χ4n) is 0. The first kappa shape index (κ1) is 26.3. The predicted molar refractivity (Wildman–Crippen MR) is 15.5 cm³/mol. The molecule has 5 heavy (non-hydrogen) atoms. The van der Waals surface area contributed by atoms with Gasteiger partial charge in [-0.3, -0.25) is 0 Å². The van der Waals surface area contributed by atoms with Crippen LogP contribution in [0.15, 0.2) is 0 Å². The van der Waals surface area contributed by atoms with E-state index >= 15 is 0 Å². The summed E-state index contributed by atoms with van der Waals surface area (Å²) >= 11 is 0. The van der Waals surface area contributed by atoms with Crippen molar-refractivity contribution in [1.29, 1.82) is 0 Å². The van der Waals surface area contributed by atoms with E-state index in [-0.39, 0.29) is 58.9 Å². The number of rotatable bonds is 0. The van der Waals surface area contributed by atoms with Crippen LogP contribution in [0, 0.1) is 0 Å². The Morgan fingerprint density at radius 2 is 1.20 bits per heavy atom. The van der Waals surface area contributed by atoms with E-state index in [9.17, 15) is 0 Å². The molecule has 0 rings (SSSR count). The second kappa shape index (κ2) is 32.6. The monoisotopic (exact) mass is 385 g/mol. The Bertz CT molecular complexity index is 11.6. The maximum atomic E-state index is 4.42. The number of hydrogen-bond donors (Lipinski definition) is 0. The van der Waals surface area contributed by atoms with Gasteiger partial charge in [0.25, 0.3) is 0 Å². The third-order valence-corrected chi connectivity index (χ3v) is 0. The van der Waals surface area contributed by atoms with Crippen LogP contribution in [0.1, 0.15) is 0 Å². The van der Waals surface area contributed by atoms with Crippen LogP contribution in [-0.2, 0) is 58.9 Å². The van der Waals surface area contributed by atoms with Gasteiger partial charge in [-0.2, -0.15) is 9.12 Å². The van der Waals surface area contributed by atoms with Crippen molar-refractivity contribution < 1.29 is 58.9 Å². The molecule has 0 amide bonds. The topological polar surface area (TPSA) is 0 Å². The van der Waals surface area contributed by atoms with E-state index in [1.165, 1.54) is 0 Å². The van der Waals surface area contributed by atoms with E-state index in [0.29, 0.717) is 0 Å². The Balaban J connectivity index is -0.00000000167. The zero-order valence-corrected chi connectivity index (χ0v) is 9.44. The largest absolute Gasteiger partial charge is 0.187 e. The van der Waals surface area contributed by atoms with E-state index in [1.807, 2.05) is 9.12 Å². The summed E-state index contributed by atoms with van der Waals surface area (Å²) in [5, 5.41) is 0. The van der Waals surface area contributed by atoms with Crippen LogP contribution in [0.3, 0.4) is 0 Å². The second-order valence-corrected chi connectivity index (χ2v) is 0. The van der Waals surface area contributed by atoms with Crippen LogP contribution >= 0.6 is 9.12 Å². The molecule has 0 aromatic heterocycles. The molecule has 0 fully saturated rings. The Hall–Kier alpha value is 2.38. The fraction of sp³-hybridized carbons (Fsp3) is 0. The molecule has 0 bridgehead atoms. The Labute approximate surface area is 74.9 Å².